The molecule has 1 amide bonds. The highest BCUT2D eigenvalue weighted by molar-refractivity contribution is 8.26. The first-order valence-electron chi connectivity index (χ1n) is 7.37. The Morgan fingerprint density at radius 1 is 1.18 bits per heavy atom. The Kier molecular flexibility index (Phi) is 5.18. The van der Waals surface area contributed by atoms with Gasteiger partial charge in [0.25, 0.3) is 5.91 Å². The van der Waals surface area contributed by atoms with Gasteiger partial charge in [0.2, 0.25) is 0 Å². The molecule has 0 spiro atoms. The van der Waals surface area contributed by atoms with E-state index >= 15 is 0 Å². The number of likely N-dealkylation sites (tertiary alicyclic amines) is 1. The Hall–Kier alpha value is -0.880. The van der Waals surface area contributed by atoms with Crippen molar-refractivity contribution in [2.75, 3.05) is 19.8 Å². The summed E-state index contributed by atoms with van der Waals surface area (Å²) in [6, 6.07) is 7.45. The van der Waals surface area contributed by atoms with Crippen LogP contribution in [0.4, 0.5) is 0 Å². The van der Waals surface area contributed by atoms with E-state index in [2.05, 4.69) is 4.90 Å². The molecule has 22 heavy (non-hydrogen) atoms. The Bertz CT molecular complexity index is 609. The van der Waals surface area contributed by atoms with Gasteiger partial charge in [0, 0.05) is 5.02 Å². The van der Waals surface area contributed by atoms with E-state index in [1.165, 1.54) is 31.0 Å². The van der Waals surface area contributed by atoms with Crippen LogP contribution in [0.5, 0.6) is 0 Å². The minimum atomic E-state index is 0.00974. The number of hydrogen-bond donors (Lipinski definition) is 0. The van der Waals surface area contributed by atoms with E-state index < -0.39 is 0 Å². The lowest BCUT2D eigenvalue weighted by Gasteiger charge is -2.29. The molecule has 1 aromatic rings. The van der Waals surface area contributed by atoms with Gasteiger partial charge in [-0.3, -0.25) is 14.6 Å². The van der Waals surface area contributed by atoms with Crippen LogP contribution in [-0.2, 0) is 4.79 Å². The number of thiocarbonyl (C=S) groups is 1. The Morgan fingerprint density at radius 3 is 2.55 bits per heavy atom. The lowest BCUT2D eigenvalue weighted by molar-refractivity contribution is -0.123. The molecule has 0 atom stereocenters. The van der Waals surface area contributed by atoms with Crippen LogP contribution in [0.3, 0.4) is 0 Å². The third-order valence-corrected chi connectivity index (χ3v) is 5.46. The molecule has 2 aliphatic heterocycles. The molecule has 0 bridgehead atoms. The van der Waals surface area contributed by atoms with Crippen molar-refractivity contribution in [1.29, 1.82) is 0 Å². The highest BCUT2D eigenvalue weighted by atomic mass is 35.5. The van der Waals surface area contributed by atoms with Gasteiger partial charge < -0.3 is 0 Å². The Labute approximate surface area is 145 Å². The summed E-state index contributed by atoms with van der Waals surface area (Å²) in [4.78, 5) is 17.3. The largest absolute Gasteiger partial charge is 0.286 e. The van der Waals surface area contributed by atoms with Crippen molar-refractivity contribution < 1.29 is 4.79 Å². The maximum Gasteiger partial charge on any atom is 0.267 e. The number of amides is 1. The van der Waals surface area contributed by atoms with Crippen LogP contribution in [0.2, 0.25) is 5.02 Å². The second-order valence-electron chi connectivity index (χ2n) is 5.48. The summed E-state index contributed by atoms with van der Waals surface area (Å²) in [5.41, 5.74) is 0.961. The van der Waals surface area contributed by atoms with Crippen LogP contribution in [0.1, 0.15) is 24.8 Å². The fourth-order valence-electron chi connectivity index (χ4n) is 2.63. The monoisotopic (exact) mass is 352 g/mol. The zero-order valence-electron chi connectivity index (χ0n) is 12.1. The van der Waals surface area contributed by atoms with Gasteiger partial charge >= 0.3 is 0 Å². The van der Waals surface area contributed by atoms with Gasteiger partial charge in [0.15, 0.2) is 0 Å². The van der Waals surface area contributed by atoms with Gasteiger partial charge in [-0.05, 0) is 49.7 Å². The quantitative estimate of drug-likeness (QED) is 0.606. The Balaban J connectivity index is 1.71. The average Bonchev–Trinajstić information content (AvgIpc) is 2.78. The fourth-order valence-corrected chi connectivity index (χ4v) is 4.00. The van der Waals surface area contributed by atoms with Crippen LogP contribution in [0.25, 0.3) is 6.08 Å². The molecular formula is C16H17ClN2OS2. The number of thioether (sulfide) groups is 1. The molecule has 0 unspecified atom stereocenters. The standard InChI is InChI=1S/C16H17ClN2OS2/c17-13-6-4-12(5-7-13)10-14-15(20)19(16(21)22-14)11-18-8-2-1-3-9-18/h4-7,10H,1-3,8-9,11H2/b14-10+. The number of halogens is 1. The van der Waals surface area contributed by atoms with Crippen LogP contribution in [-0.4, -0.2) is 39.8 Å². The number of rotatable bonds is 3. The maximum absolute atomic E-state index is 12.6. The first-order valence-corrected chi connectivity index (χ1v) is 8.97. The molecule has 2 saturated heterocycles. The lowest BCUT2D eigenvalue weighted by atomic mass is 10.1. The van der Waals surface area contributed by atoms with Crippen LogP contribution < -0.4 is 0 Å². The van der Waals surface area contributed by atoms with Crippen LogP contribution in [0, 0.1) is 0 Å². The van der Waals surface area contributed by atoms with Crippen LogP contribution in [0.15, 0.2) is 29.2 Å². The molecule has 0 aliphatic carbocycles. The van der Waals surface area contributed by atoms with Gasteiger partial charge in [-0.15, -0.1) is 0 Å². The van der Waals surface area contributed by atoms with E-state index in [-0.39, 0.29) is 5.91 Å². The molecule has 0 radical (unpaired) electrons. The first kappa shape index (κ1) is 16.0. The predicted octanol–water partition coefficient (Wildman–Crippen LogP) is 3.98. The second kappa shape index (κ2) is 7.13. The summed E-state index contributed by atoms with van der Waals surface area (Å²) in [5, 5.41) is 0.690. The molecule has 0 aromatic heterocycles. The van der Waals surface area contributed by atoms with E-state index in [1.54, 1.807) is 4.90 Å². The topological polar surface area (TPSA) is 23.6 Å². The number of carbonyl (C=O) groups is 1. The van der Waals surface area contributed by atoms with E-state index in [0.29, 0.717) is 20.9 Å². The summed E-state index contributed by atoms with van der Waals surface area (Å²) < 4.78 is 0.649. The predicted molar refractivity (Wildman–Crippen MR) is 96.8 cm³/mol. The second-order valence-corrected chi connectivity index (χ2v) is 7.59. The molecule has 0 saturated carbocycles. The minimum Gasteiger partial charge on any atom is -0.286 e. The number of hydrogen-bond acceptors (Lipinski definition) is 4. The van der Waals surface area contributed by atoms with Gasteiger partial charge in [-0.25, -0.2) is 0 Å². The molecule has 2 aliphatic rings. The maximum atomic E-state index is 12.6. The van der Waals surface area contributed by atoms with Crippen molar-refractivity contribution in [3.63, 3.8) is 0 Å². The minimum absolute atomic E-state index is 0.00974. The highest BCUT2D eigenvalue weighted by Gasteiger charge is 2.33. The molecule has 6 heteroatoms. The van der Waals surface area contributed by atoms with Gasteiger partial charge in [-0.1, -0.05) is 54.1 Å². The molecule has 3 rings (SSSR count). The summed E-state index contributed by atoms with van der Waals surface area (Å²) >= 11 is 12.6. The van der Waals surface area contributed by atoms with E-state index in [4.69, 9.17) is 23.8 Å². The molecule has 2 heterocycles. The highest BCUT2D eigenvalue weighted by Crippen LogP contribution is 2.33. The van der Waals surface area contributed by atoms with Gasteiger partial charge in [0.1, 0.15) is 4.32 Å². The van der Waals surface area contributed by atoms with E-state index in [9.17, 15) is 4.79 Å². The van der Waals surface area contributed by atoms with E-state index in [1.807, 2.05) is 30.3 Å². The van der Waals surface area contributed by atoms with Gasteiger partial charge in [0.05, 0.1) is 11.6 Å². The number of piperidine rings is 1. The zero-order valence-corrected chi connectivity index (χ0v) is 14.5. The number of carbonyl (C=O) groups excluding carboxylic acids is 1. The molecule has 0 N–H and O–H groups in total. The summed E-state index contributed by atoms with van der Waals surface area (Å²) in [6.07, 6.45) is 5.57. The third kappa shape index (κ3) is 3.71. The normalized spacial score (nSPS) is 21.9. The smallest absolute Gasteiger partial charge is 0.267 e. The van der Waals surface area contributed by atoms with Crippen molar-refractivity contribution in [3.8, 4) is 0 Å². The zero-order chi connectivity index (χ0) is 15.5. The Morgan fingerprint density at radius 2 is 1.86 bits per heavy atom. The molecule has 1 aromatic carbocycles. The molecule has 116 valence electrons. The third-order valence-electron chi connectivity index (χ3n) is 3.83. The number of benzene rings is 1. The van der Waals surface area contributed by atoms with Crippen molar-refractivity contribution >= 4 is 51.9 Å². The van der Waals surface area contributed by atoms with Crippen molar-refractivity contribution in [2.24, 2.45) is 0 Å². The summed E-state index contributed by atoms with van der Waals surface area (Å²) in [6.45, 7) is 2.71. The summed E-state index contributed by atoms with van der Waals surface area (Å²) in [5.74, 6) is 0.00974. The number of nitrogens with zero attached hydrogens (tertiary/aromatic N) is 2. The molecule has 2 fully saturated rings. The summed E-state index contributed by atoms with van der Waals surface area (Å²) in [7, 11) is 0. The molecular weight excluding hydrogens is 336 g/mol. The van der Waals surface area contributed by atoms with Gasteiger partial charge in [-0.2, -0.15) is 0 Å². The van der Waals surface area contributed by atoms with Crippen molar-refractivity contribution in [3.05, 3.63) is 39.8 Å². The first-order chi connectivity index (χ1) is 10.6. The van der Waals surface area contributed by atoms with Crippen molar-refractivity contribution in [2.45, 2.75) is 19.3 Å². The van der Waals surface area contributed by atoms with Crippen LogP contribution >= 0.6 is 35.6 Å². The SMILES string of the molecule is O=C1/C(=C\c2ccc(Cl)cc2)SC(=S)N1CN1CCCCC1. The fraction of sp³-hybridized carbons (Fsp3) is 0.375. The van der Waals surface area contributed by atoms with E-state index in [0.717, 1.165) is 18.7 Å². The average molecular weight is 353 g/mol. The molecule has 3 nitrogen and oxygen atoms in total. The lowest BCUT2D eigenvalue weighted by Crippen LogP contribution is -2.42. The van der Waals surface area contributed by atoms with Crippen molar-refractivity contribution in [1.82, 2.24) is 9.80 Å².